The van der Waals surface area contributed by atoms with Crippen LogP contribution in [-0.4, -0.2) is 23.7 Å². The van der Waals surface area contributed by atoms with Crippen LogP contribution in [0.3, 0.4) is 0 Å². The van der Waals surface area contributed by atoms with E-state index in [4.69, 9.17) is 9.84 Å². The molecule has 0 aliphatic heterocycles. The van der Waals surface area contributed by atoms with Crippen LogP contribution >= 0.6 is 0 Å². The molecule has 0 saturated carbocycles. The summed E-state index contributed by atoms with van der Waals surface area (Å²) in [5.41, 5.74) is 1.02. The molecule has 2 aromatic carbocycles. The van der Waals surface area contributed by atoms with Gasteiger partial charge in [0.05, 0.1) is 17.9 Å². The third kappa shape index (κ3) is 4.74. The Morgan fingerprint density at radius 1 is 1.09 bits per heavy atom. The monoisotopic (exact) mass is 314 g/mol. The zero-order valence-electron chi connectivity index (χ0n) is 12.7. The predicted molar refractivity (Wildman–Crippen MR) is 88.3 cm³/mol. The van der Waals surface area contributed by atoms with Crippen LogP contribution in [0.2, 0.25) is 0 Å². The number of urea groups is 1. The lowest BCUT2D eigenvalue weighted by Crippen LogP contribution is -2.20. The number of hydrogen-bond donors (Lipinski definition) is 3. The fourth-order valence-electron chi connectivity index (χ4n) is 1.90. The van der Waals surface area contributed by atoms with Gasteiger partial charge in [0.2, 0.25) is 0 Å². The fraction of sp³-hybridized carbons (Fsp3) is 0.176. The zero-order valence-corrected chi connectivity index (χ0v) is 12.7. The van der Waals surface area contributed by atoms with Crippen molar-refractivity contribution in [3.8, 4) is 5.75 Å². The number of ether oxygens (including phenoxy) is 1. The Morgan fingerprint density at radius 2 is 1.83 bits per heavy atom. The van der Waals surface area contributed by atoms with Gasteiger partial charge in [-0.2, -0.15) is 0 Å². The van der Waals surface area contributed by atoms with Gasteiger partial charge in [0, 0.05) is 5.69 Å². The van der Waals surface area contributed by atoms with Gasteiger partial charge in [-0.25, -0.2) is 9.59 Å². The molecule has 120 valence electrons. The van der Waals surface area contributed by atoms with Crippen molar-refractivity contribution in [3.63, 3.8) is 0 Å². The van der Waals surface area contributed by atoms with E-state index in [0.717, 1.165) is 6.42 Å². The minimum atomic E-state index is -1.07. The van der Waals surface area contributed by atoms with Gasteiger partial charge in [0.25, 0.3) is 0 Å². The highest BCUT2D eigenvalue weighted by Gasteiger charge is 2.12. The van der Waals surface area contributed by atoms with Crippen molar-refractivity contribution >= 4 is 23.4 Å². The van der Waals surface area contributed by atoms with Crippen LogP contribution in [-0.2, 0) is 0 Å². The molecule has 0 radical (unpaired) electrons. The second-order valence-electron chi connectivity index (χ2n) is 4.81. The summed E-state index contributed by atoms with van der Waals surface area (Å²) < 4.78 is 5.54. The summed E-state index contributed by atoms with van der Waals surface area (Å²) in [6, 6.07) is 12.8. The molecule has 0 bridgehead atoms. The minimum Gasteiger partial charge on any atom is -0.491 e. The Kier molecular flexibility index (Phi) is 5.57. The SMILES string of the molecule is CCCOc1ccc(C(=O)O)cc1NC(=O)Nc1ccccc1. The largest absolute Gasteiger partial charge is 0.491 e. The first-order chi connectivity index (χ1) is 11.1. The molecular formula is C17H18N2O4. The van der Waals surface area contributed by atoms with Crippen molar-refractivity contribution in [2.24, 2.45) is 0 Å². The molecule has 2 rings (SSSR count). The Morgan fingerprint density at radius 3 is 2.48 bits per heavy atom. The zero-order chi connectivity index (χ0) is 16.7. The number of carbonyl (C=O) groups excluding carboxylic acids is 1. The summed E-state index contributed by atoms with van der Waals surface area (Å²) in [5.74, 6) is -0.640. The molecule has 0 aliphatic rings. The Labute approximate surface area is 134 Å². The molecule has 0 fully saturated rings. The van der Waals surface area contributed by atoms with Gasteiger partial charge in [-0.05, 0) is 36.8 Å². The topological polar surface area (TPSA) is 87.7 Å². The summed E-state index contributed by atoms with van der Waals surface area (Å²) >= 11 is 0. The van der Waals surface area contributed by atoms with Gasteiger partial charge in [-0.1, -0.05) is 25.1 Å². The lowest BCUT2D eigenvalue weighted by atomic mass is 10.2. The van der Waals surface area contributed by atoms with Crippen LogP contribution in [0, 0.1) is 0 Å². The van der Waals surface area contributed by atoms with Crippen molar-refractivity contribution < 1.29 is 19.4 Å². The molecular weight excluding hydrogens is 296 g/mol. The van der Waals surface area contributed by atoms with E-state index in [2.05, 4.69) is 10.6 Å². The van der Waals surface area contributed by atoms with Crippen LogP contribution in [0.1, 0.15) is 23.7 Å². The van der Waals surface area contributed by atoms with E-state index in [1.165, 1.54) is 18.2 Å². The number of nitrogens with one attached hydrogen (secondary N) is 2. The third-order valence-electron chi connectivity index (χ3n) is 2.97. The summed E-state index contributed by atoms with van der Waals surface area (Å²) in [6.07, 6.45) is 0.802. The molecule has 2 amide bonds. The molecule has 0 unspecified atom stereocenters. The van der Waals surface area contributed by atoms with Gasteiger partial charge in [-0.15, -0.1) is 0 Å². The Balaban J connectivity index is 2.16. The van der Waals surface area contributed by atoms with Gasteiger partial charge >= 0.3 is 12.0 Å². The maximum atomic E-state index is 12.1. The molecule has 6 nitrogen and oxygen atoms in total. The average molecular weight is 314 g/mol. The normalized spacial score (nSPS) is 9.96. The number of anilines is 2. The number of carboxylic acids is 1. The smallest absolute Gasteiger partial charge is 0.335 e. The lowest BCUT2D eigenvalue weighted by molar-refractivity contribution is 0.0697. The quantitative estimate of drug-likeness (QED) is 0.756. The molecule has 0 aromatic heterocycles. The molecule has 3 N–H and O–H groups in total. The van der Waals surface area contributed by atoms with Crippen LogP contribution in [0.25, 0.3) is 0 Å². The highest BCUT2D eigenvalue weighted by atomic mass is 16.5. The second-order valence-corrected chi connectivity index (χ2v) is 4.81. The van der Waals surface area contributed by atoms with Crippen LogP contribution in [0.15, 0.2) is 48.5 Å². The number of rotatable bonds is 6. The van der Waals surface area contributed by atoms with E-state index in [9.17, 15) is 9.59 Å². The van der Waals surface area contributed by atoms with E-state index in [1.54, 1.807) is 24.3 Å². The van der Waals surface area contributed by atoms with Gasteiger partial charge in [-0.3, -0.25) is 0 Å². The number of aromatic carboxylic acids is 1. The molecule has 6 heteroatoms. The maximum absolute atomic E-state index is 12.1. The van der Waals surface area contributed by atoms with E-state index < -0.39 is 12.0 Å². The molecule has 0 aliphatic carbocycles. The third-order valence-corrected chi connectivity index (χ3v) is 2.97. The molecule has 0 heterocycles. The Bertz CT molecular complexity index is 686. The maximum Gasteiger partial charge on any atom is 0.335 e. The fourth-order valence-corrected chi connectivity index (χ4v) is 1.90. The minimum absolute atomic E-state index is 0.0730. The highest BCUT2D eigenvalue weighted by Crippen LogP contribution is 2.26. The predicted octanol–water partition coefficient (Wildman–Crippen LogP) is 3.82. The molecule has 0 spiro atoms. The van der Waals surface area contributed by atoms with E-state index >= 15 is 0 Å². The average Bonchev–Trinajstić information content (AvgIpc) is 2.54. The molecule has 23 heavy (non-hydrogen) atoms. The number of amides is 2. The first-order valence-corrected chi connectivity index (χ1v) is 7.23. The summed E-state index contributed by atoms with van der Waals surface area (Å²) in [5, 5.41) is 14.4. The van der Waals surface area contributed by atoms with Crippen LogP contribution in [0.5, 0.6) is 5.75 Å². The van der Waals surface area contributed by atoms with Crippen molar-refractivity contribution in [2.45, 2.75) is 13.3 Å². The van der Waals surface area contributed by atoms with Crippen molar-refractivity contribution in [3.05, 3.63) is 54.1 Å². The summed E-state index contributed by atoms with van der Waals surface area (Å²) in [7, 11) is 0. The van der Waals surface area contributed by atoms with Crippen LogP contribution in [0.4, 0.5) is 16.2 Å². The van der Waals surface area contributed by atoms with Gasteiger partial charge in [0.1, 0.15) is 5.75 Å². The Hall–Kier alpha value is -3.02. The van der Waals surface area contributed by atoms with E-state index in [0.29, 0.717) is 23.7 Å². The number of hydrogen-bond acceptors (Lipinski definition) is 3. The highest BCUT2D eigenvalue weighted by molar-refractivity contribution is 6.01. The number of benzene rings is 2. The van der Waals surface area contributed by atoms with Crippen molar-refractivity contribution in [1.82, 2.24) is 0 Å². The second kappa shape index (κ2) is 7.84. The molecule has 2 aromatic rings. The van der Waals surface area contributed by atoms with Crippen molar-refractivity contribution in [2.75, 3.05) is 17.2 Å². The molecule has 0 atom stereocenters. The first kappa shape index (κ1) is 16.4. The lowest BCUT2D eigenvalue weighted by Gasteiger charge is -2.13. The number of para-hydroxylation sites is 1. The summed E-state index contributed by atoms with van der Waals surface area (Å²) in [4.78, 5) is 23.1. The van der Waals surface area contributed by atoms with Crippen molar-refractivity contribution in [1.29, 1.82) is 0 Å². The first-order valence-electron chi connectivity index (χ1n) is 7.23. The number of carbonyl (C=O) groups is 2. The van der Waals surface area contributed by atoms with E-state index in [-0.39, 0.29) is 5.56 Å². The van der Waals surface area contributed by atoms with E-state index in [1.807, 2.05) is 13.0 Å². The van der Waals surface area contributed by atoms with Crippen LogP contribution < -0.4 is 15.4 Å². The summed E-state index contributed by atoms with van der Waals surface area (Å²) in [6.45, 7) is 2.43. The van der Waals surface area contributed by atoms with Gasteiger partial charge < -0.3 is 20.5 Å². The number of carboxylic acid groups (broad SMARTS) is 1. The van der Waals surface area contributed by atoms with Gasteiger partial charge in [0.15, 0.2) is 0 Å². The standard InChI is InChI=1S/C17H18N2O4/c1-2-10-23-15-9-8-12(16(20)21)11-14(15)19-17(22)18-13-6-4-3-5-7-13/h3-9,11H,2,10H2,1H3,(H,20,21)(H2,18,19,22). The molecule has 0 saturated heterocycles.